The summed E-state index contributed by atoms with van der Waals surface area (Å²) >= 11 is 0. The molecule has 1 atom stereocenters. The Morgan fingerprint density at radius 2 is 2.29 bits per heavy atom. The van der Waals surface area contributed by atoms with Gasteiger partial charge in [0, 0.05) is 25.5 Å². The standard InChI is InChI=1S/C15H24N4O2/c1-2-13-12-18(10-11-21-13)14(20)15(4-7-16-8-5-15)19-9-3-6-17-19/h3,6,9,13,16H,2,4-5,7-8,10-12H2,1H3. The van der Waals surface area contributed by atoms with Gasteiger partial charge in [-0.15, -0.1) is 0 Å². The van der Waals surface area contributed by atoms with E-state index in [4.69, 9.17) is 4.74 Å². The second-order valence-corrected chi connectivity index (χ2v) is 5.88. The highest BCUT2D eigenvalue weighted by atomic mass is 16.5. The maximum Gasteiger partial charge on any atom is 0.250 e. The molecule has 1 unspecified atom stereocenters. The smallest absolute Gasteiger partial charge is 0.250 e. The molecule has 3 heterocycles. The number of aromatic nitrogens is 2. The number of hydrogen-bond acceptors (Lipinski definition) is 4. The van der Waals surface area contributed by atoms with Crippen LogP contribution in [0.4, 0.5) is 0 Å². The molecule has 0 bridgehead atoms. The van der Waals surface area contributed by atoms with Crippen LogP contribution in [0.5, 0.6) is 0 Å². The van der Waals surface area contributed by atoms with Gasteiger partial charge in [-0.05, 0) is 38.4 Å². The molecule has 0 aromatic carbocycles. The van der Waals surface area contributed by atoms with Gasteiger partial charge >= 0.3 is 0 Å². The Hall–Kier alpha value is -1.40. The maximum absolute atomic E-state index is 13.2. The summed E-state index contributed by atoms with van der Waals surface area (Å²) < 4.78 is 7.56. The minimum absolute atomic E-state index is 0.166. The van der Waals surface area contributed by atoms with Crippen LogP contribution in [0.2, 0.25) is 0 Å². The fourth-order valence-electron chi connectivity index (χ4n) is 3.35. The monoisotopic (exact) mass is 292 g/mol. The average molecular weight is 292 g/mol. The molecule has 6 heteroatoms. The molecule has 116 valence electrons. The summed E-state index contributed by atoms with van der Waals surface area (Å²) in [6.45, 7) is 5.84. The normalized spacial score (nSPS) is 25.8. The number of ether oxygens (including phenoxy) is 1. The zero-order valence-corrected chi connectivity index (χ0v) is 12.6. The van der Waals surface area contributed by atoms with Gasteiger partial charge in [0.05, 0.1) is 12.7 Å². The Balaban J connectivity index is 1.84. The lowest BCUT2D eigenvalue weighted by Crippen LogP contribution is -2.58. The third kappa shape index (κ3) is 2.70. The first-order valence-electron chi connectivity index (χ1n) is 7.88. The van der Waals surface area contributed by atoms with E-state index in [2.05, 4.69) is 17.3 Å². The van der Waals surface area contributed by atoms with Crippen LogP contribution in [0.1, 0.15) is 26.2 Å². The van der Waals surface area contributed by atoms with Crippen molar-refractivity contribution in [2.45, 2.75) is 37.8 Å². The fraction of sp³-hybridized carbons (Fsp3) is 0.733. The van der Waals surface area contributed by atoms with Crippen molar-refractivity contribution in [3.63, 3.8) is 0 Å². The molecular formula is C15H24N4O2. The predicted molar refractivity (Wildman–Crippen MR) is 78.9 cm³/mol. The number of rotatable bonds is 3. The molecule has 2 fully saturated rings. The van der Waals surface area contributed by atoms with Gasteiger partial charge in [-0.3, -0.25) is 9.48 Å². The molecule has 2 aliphatic rings. The van der Waals surface area contributed by atoms with Crippen molar-refractivity contribution in [2.24, 2.45) is 0 Å². The Morgan fingerprint density at radius 3 is 2.95 bits per heavy atom. The predicted octanol–water partition coefficient (Wildman–Crippen LogP) is 0.599. The largest absolute Gasteiger partial charge is 0.375 e. The zero-order chi connectivity index (χ0) is 14.7. The fourth-order valence-corrected chi connectivity index (χ4v) is 3.35. The molecule has 1 aromatic heterocycles. The Morgan fingerprint density at radius 1 is 1.48 bits per heavy atom. The maximum atomic E-state index is 13.2. The van der Waals surface area contributed by atoms with E-state index in [1.807, 2.05) is 21.8 Å². The van der Waals surface area contributed by atoms with E-state index in [0.717, 1.165) is 32.4 Å². The molecule has 0 aliphatic carbocycles. The van der Waals surface area contributed by atoms with Crippen molar-refractivity contribution < 1.29 is 9.53 Å². The molecule has 21 heavy (non-hydrogen) atoms. The summed E-state index contributed by atoms with van der Waals surface area (Å²) in [6.07, 6.45) is 6.37. The zero-order valence-electron chi connectivity index (χ0n) is 12.6. The van der Waals surface area contributed by atoms with Crippen molar-refractivity contribution in [1.29, 1.82) is 0 Å². The lowest BCUT2D eigenvalue weighted by atomic mass is 9.86. The number of carbonyl (C=O) groups is 1. The van der Waals surface area contributed by atoms with Gasteiger partial charge in [-0.25, -0.2) is 0 Å². The van der Waals surface area contributed by atoms with E-state index in [9.17, 15) is 4.79 Å². The summed E-state index contributed by atoms with van der Waals surface area (Å²) in [5.74, 6) is 0.203. The quantitative estimate of drug-likeness (QED) is 0.886. The highest BCUT2D eigenvalue weighted by Crippen LogP contribution is 2.30. The van der Waals surface area contributed by atoms with Crippen LogP contribution < -0.4 is 5.32 Å². The van der Waals surface area contributed by atoms with E-state index < -0.39 is 5.54 Å². The lowest BCUT2D eigenvalue weighted by Gasteiger charge is -2.42. The van der Waals surface area contributed by atoms with E-state index in [0.29, 0.717) is 19.7 Å². The van der Waals surface area contributed by atoms with Crippen LogP contribution in [0, 0.1) is 0 Å². The van der Waals surface area contributed by atoms with Crippen molar-refractivity contribution in [2.75, 3.05) is 32.8 Å². The number of morpholine rings is 1. The van der Waals surface area contributed by atoms with Gasteiger partial charge in [0.15, 0.2) is 0 Å². The van der Waals surface area contributed by atoms with Crippen molar-refractivity contribution in [3.8, 4) is 0 Å². The third-order valence-corrected chi connectivity index (χ3v) is 4.65. The van der Waals surface area contributed by atoms with Crippen LogP contribution >= 0.6 is 0 Å². The topological polar surface area (TPSA) is 59.4 Å². The van der Waals surface area contributed by atoms with E-state index in [1.165, 1.54) is 0 Å². The molecule has 2 aliphatic heterocycles. The second-order valence-electron chi connectivity index (χ2n) is 5.88. The number of amides is 1. The van der Waals surface area contributed by atoms with Crippen LogP contribution in [0.15, 0.2) is 18.5 Å². The van der Waals surface area contributed by atoms with Gasteiger partial charge in [-0.2, -0.15) is 5.10 Å². The SMILES string of the molecule is CCC1CN(C(=O)C2(n3cccn3)CCNCC2)CCO1. The Bertz CT molecular complexity index is 468. The Labute approximate surface area is 125 Å². The van der Waals surface area contributed by atoms with Gasteiger partial charge in [0.2, 0.25) is 0 Å². The van der Waals surface area contributed by atoms with Gasteiger partial charge in [-0.1, -0.05) is 6.92 Å². The summed E-state index contributed by atoms with van der Waals surface area (Å²) in [5, 5.41) is 7.72. The van der Waals surface area contributed by atoms with E-state index in [1.54, 1.807) is 6.20 Å². The summed E-state index contributed by atoms with van der Waals surface area (Å²) in [5.41, 5.74) is -0.523. The second kappa shape index (κ2) is 6.15. The first kappa shape index (κ1) is 14.5. The minimum atomic E-state index is -0.523. The van der Waals surface area contributed by atoms with Crippen LogP contribution in [0.25, 0.3) is 0 Å². The number of nitrogens with one attached hydrogen (secondary N) is 1. The summed E-state index contributed by atoms with van der Waals surface area (Å²) in [7, 11) is 0. The average Bonchev–Trinajstić information content (AvgIpc) is 3.10. The Kier molecular flexibility index (Phi) is 4.26. The molecular weight excluding hydrogens is 268 g/mol. The number of piperidine rings is 1. The van der Waals surface area contributed by atoms with Crippen LogP contribution in [-0.2, 0) is 15.1 Å². The van der Waals surface area contributed by atoms with Gasteiger partial charge in [0.25, 0.3) is 5.91 Å². The first-order chi connectivity index (χ1) is 10.3. The van der Waals surface area contributed by atoms with Crippen molar-refractivity contribution >= 4 is 5.91 Å². The molecule has 6 nitrogen and oxygen atoms in total. The number of carbonyl (C=O) groups excluding carboxylic acids is 1. The highest BCUT2D eigenvalue weighted by molar-refractivity contribution is 5.84. The number of nitrogens with zero attached hydrogens (tertiary/aromatic N) is 3. The summed E-state index contributed by atoms with van der Waals surface area (Å²) in [6, 6.07) is 1.89. The lowest BCUT2D eigenvalue weighted by molar-refractivity contribution is -0.150. The molecule has 2 saturated heterocycles. The van der Waals surface area contributed by atoms with Gasteiger partial charge in [0.1, 0.15) is 5.54 Å². The third-order valence-electron chi connectivity index (χ3n) is 4.65. The van der Waals surface area contributed by atoms with Gasteiger partial charge < -0.3 is 15.0 Å². The van der Waals surface area contributed by atoms with Crippen LogP contribution in [0.3, 0.4) is 0 Å². The molecule has 1 aromatic rings. The molecule has 3 rings (SSSR count). The summed E-state index contributed by atoms with van der Waals surface area (Å²) in [4.78, 5) is 15.2. The molecule has 0 saturated carbocycles. The highest BCUT2D eigenvalue weighted by Gasteiger charge is 2.45. The van der Waals surface area contributed by atoms with Crippen molar-refractivity contribution in [3.05, 3.63) is 18.5 Å². The molecule has 1 amide bonds. The molecule has 0 radical (unpaired) electrons. The van der Waals surface area contributed by atoms with E-state index >= 15 is 0 Å². The molecule has 1 N–H and O–H groups in total. The van der Waals surface area contributed by atoms with Crippen molar-refractivity contribution in [1.82, 2.24) is 20.0 Å². The molecule has 0 spiro atoms. The number of hydrogen-bond donors (Lipinski definition) is 1. The van der Waals surface area contributed by atoms with E-state index in [-0.39, 0.29) is 12.0 Å². The van der Waals surface area contributed by atoms with Crippen LogP contribution in [-0.4, -0.2) is 59.5 Å². The minimum Gasteiger partial charge on any atom is -0.375 e. The first-order valence-corrected chi connectivity index (χ1v) is 7.88.